The summed E-state index contributed by atoms with van der Waals surface area (Å²) in [5, 5.41) is 3.91. The van der Waals surface area contributed by atoms with Gasteiger partial charge in [-0.25, -0.2) is 0 Å². The molecule has 0 N–H and O–H groups in total. The van der Waals surface area contributed by atoms with Crippen LogP contribution in [0.5, 0.6) is 0 Å². The zero-order valence-electron chi connectivity index (χ0n) is 13.1. The Balaban J connectivity index is 1.95. The number of carbonyl (C=O) groups excluding carboxylic acids is 2. The van der Waals surface area contributed by atoms with Crippen LogP contribution in [0.3, 0.4) is 0 Å². The van der Waals surface area contributed by atoms with Crippen molar-refractivity contribution in [3.63, 3.8) is 0 Å². The highest BCUT2D eigenvalue weighted by Gasteiger charge is 2.33. The number of amides is 2. The molecule has 1 saturated carbocycles. The van der Waals surface area contributed by atoms with Gasteiger partial charge in [-0.05, 0) is 43.4 Å². The largest absolute Gasteiger partial charge is 0.274 e. The summed E-state index contributed by atoms with van der Waals surface area (Å²) in [6.45, 7) is 1.75. The topological polar surface area (TPSA) is 63.2 Å². The molecule has 120 valence electrons. The summed E-state index contributed by atoms with van der Waals surface area (Å²) in [5.41, 5.74) is 1.13. The van der Waals surface area contributed by atoms with Crippen molar-refractivity contribution < 1.29 is 9.59 Å². The van der Waals surface area contributed by atoms with Crippen molar-refractivity contribution in [2.75, 3.05) is 0 Å². The first-order valence-corrected chi connectivity index (χ1v) is 8.67. The van der Waals surface area contributed by atoms with Gasteiger partial charge in [-0.3, -0.25) is 14.5 Å². The van der Waals surface area contributed by atoms with Crippen LogP contribution in [0.15, 0.2) is 30.3 Å². The highest BCUT2D eigenvalue weighted by Crippen LogP contribution is 2.27. The van der Waals surface area contributed by atoms with Gasteiger partial charge in [0.15, 0.2) is 0 Å². The first kappa shape index (κ1) is 15.8. The van der Waals surface area contributed by atoms with Gasteiger partial charge in [0.2, 0.25) is 0 Å². The van der Waals surface area contributed by atoms with Crippen molar-refractivity contribution in [3.05, 3.63) is 46.5 Å². The molecule has 3 rings (SSSR count). The normalized spacial score (nSPS) is 15.3. The van der Waals surface area contributed by atoms with Crippen LogP contribution in [0.4, 0.5) is 0 Å². The molecule has 1 aromatic carbocycles. The maximum Gasteiger partial charge on any atom is 0.274 e. The van der Waals surface area contributed by atoms with Crippen LogP contribution in [-0.2, 0) is 0 Å². The molecule has 1 fully saturated rings. The molecule has 5 nitrogen and oxygen atoms in total. The fourth-order valence-electron chi connectivity index (χ4n) is 3.02. The number of hydrogen-bond acceptors (Lipinski definition) is 5. The number of aryl methyl sites for hydroxylation is 1. The van der Waals surface area contributed by atoms with Gasteiger partial charge in [0, 0.05) is 11.6 Å². The zero-order chi connectivity index (χ0) is 16.2. The van der Waals surface area contributed by atoms with Crippen LogP contribution in [0.1, 0.15) is 57.8 Å². The number of hydrogen-bond donors (Lipinski definition) is 0. The van der Waals surface area contributed by atoms with Gasteiger partial charge >= 0.3 is 0 Å². The Kier molecular flexibility index (Phi) is 4.81. The van der Waals surface area contributed by atoms with Gasteiger partial charge in [-0.1, -0.05) is 41.9 Å². The van der Waals surface area contributed by atoms with Gasteiger partial charge in [-0.2, -0.15) is 0 Å². The molecule has 0 atom stereocenters. The van der Waals surface area contributed by atoms with Gasteiger partial charge in [0.1, 0.15) is 4.88 Å². The third kappa shape index (κ3) is 3.32. The molecular weight excluding hydrogens is 310 g/mol. The minimum atomic E-state index is -0.266. The average molecular weight is 329 g/mol. The van der Waals surface area contributed by atoms with E-state index < -0.39 is 0 Å². The van der Waals surface area contributed by atoms with Gasteiger partial charge < -0.3 is 0 Å². The Bertz CT molecular complexity index is 693. The van der Waals surface area contributed by atoms with E-state index in [1.807, 2.05) is 18.2 Å². The molecule has 0 spiro atoms. The summed E-state index contributed by atoms with van der Waals surface area (Å²) < 4.78 is 3.84. The van der Waals surface area contributed by atoms with Crippen LogP contribution in [-0.4, -0.2) is 32.3 Å². The molecule has 1 aliphatic rings. The standard InChI is InChI=1S/C17H19N3O2S/c1-12-15(23-19-18-12)17(22)20(14-10-6-3-7-11-14)16(21)13-8-4-2-5-9-13/h2,4-5,8-9,14H,3,6-7,10-11H2,1H3. The Labute approximate surface area is 139 Å². The molecule has 0 bridgehead atoms. The second-order valence-electron chi connectivity index (χ2n) is 5.83. The fourth-order valence-corrected chi connectivity index (χ4v) is 3.61. The number of nitrogens with zero attached hydrogens (tertiary/aromatic N) is 3. The monoisotopic (exact) mass is 329 g/mol. The van der Waals surface area contributed by atoms with E-state index in [1.54, 1.807) is 19.1 Å². The summed E-state index contributed by atoms with van der Waals surface area (Å²) in [5.74, 6) is -0.492. The van der Waals surface area contributed by atoms with Crippen molar-refractivity contribution in [3.8, 4) is 0 Å². The lowest BCUT2D eigenvalue weighted by Crippen LogP contribution is -2.45. The second-order valence-corrected chi connectivity index (χ2v) is 6.58. The molecule has 0 unspecified atom stereocenters. The van der Waals surface area contributed by atoms with Crippen molar-refractivity contribution in [2.24, 2.45) is 0 Å². The predicted octanol–water partition coefficient (Wildman–Crippen LogP) is 3.46. The lowest BCUT2D eigenvalue weighted by atomic mass is 9.93. The van der Waals surface area contributed by atoms with Crippen molar-refractivity contribution in [2.45, 2.75) is 45.1 Å². The maximum absolute atomic E-state index is 13.0. The average Bonchev–Trinajstić information content (AvgIpc) is 3.03. The summed E-state index contributed by atoms with van der Waals surface area (Å²) in [6, 6.07) is 8.96. The van der Waals surface area contributed by atoms with E-state index in [9.17, 15) is 9.59 Å². The zero-order valence-corrected chi connectivity index (χ0v) is 13.9. The predicted molar refractivity (Wildman–Crippen MR) is 88.5 cm³/mol. The first-order chi connectivity index (χ1) is 11.2. The smallest absolute Gasteiger partial charge is 0.270 e. The van der Waals surface area contributed by atoms with E-state index in [2.05, 4.69) is 9.59 Å². The number of benzene rings is 1. The number of carbonyl (C=O) groups is 2. The molecule has 6 heteroatoms. The molecule has 23 heavy (non-hydrogen) atoms. The minimum absolute atomic E-state index is 0.0366. The molecule has 0 radical (unpaired) electrons. The van der Waals surface area contributed by atoms with Crippen LogP contribution in [0.25, 0.3) is 0 Å². The molecule has 1 aliphatic carbocycles. The number of aromatic nitrogens is 2. The number of imide groups is 1. The summed E-state index contributed by atoms with van der Waals surface area (Å²) in [4.78, 5) is 27.8. The third-order valence-corrected chi connectivity index (χ3v) is 5.06. The minimum Gasteiger partial charge on any atom is -0.270 e. The highest BCUT2D eigenvalue weighted by molar-refractivity contribution is 7.08. The first-order valence-electron chi connectivity index (χ1n) is 7.90. The van der Waals surface area contributed by atoms with Crippen LogP contribution in [0.2, 0.25) is 0 Å². The molecule has 0 aliphatic heterocycles. The van der Waals surface area contributed by atoms with Gasteiger partial charge in [0.25, 0.3) is 11.8 Å². The van der Waals surface area contributed by atoms with Crippen molar-refractivity contribution in [1.29, 1.82) is 0 Å². The van der Waals surface area contributed by atoms with E-state index in [4.69, 9.17) is 0 Å². The molecular formula is C17H19N3O2S. The molecule has 0 saturated heterocycles. The number of rotatable bonds is 3. The summed E-state index contributed by atoms with van der Waals surface area (Å²) >= 11 is 1.06. The highest BCUT2D eigenvalue weighted by atomic mass is 32.1. The van der Waals surface area contributed by atoms with E-state index in [1.165, 1.54) is 11.3 Å². The van der Waals surface area contributed by atoms with Gasteiger partial charge in [0.05, 0.1) is 5.69 Å². The van der Waals surface area contributed by atoms with E-state index in [0.717, 1.165) is 37.2 Å². The molecule has 2 amide bonds. The quantitative estimate of drug-likeness (QED) is 0.809. The van der Waals surface area contributed by atoms with E-state index in [-0.39, 0.29) is 17.9 Å². The second kappa shape index (κ2) is 7.00. The summed E-state index contributed by atoms with van der Waals surface area (Å²) in [7, 11) is 0. The van der Waals surface area contributed by atoms with Crippen molar-refractivity contribution >= 4 is 23.3 Å². The van der Waals surface area contributed by atoms with Crippen LogP contribution < -0.4 is 0 Å². The van der Waals surface area contributed by atoms with Crippen molar-refractivity contribution in [1.82, 2.24) is 14.5 Å². The van der Waals surface area contributed by atoms with E-state index >= 15 is 0 Å². The van der Waals surface area contributed by atoms with Gasteiger partial charge in [-0.15, -0.1) is 5.10 Å². The Morgan fingerprint density at radius 1 is 1.09 bits per heavy atom. The molecule has 2 aromatic rings. The Morgan fingerprint density at radius 3 is 2.39 bits per heavy atom. The maximum atomic E-state index is 13.0. The van der Waals surface area contributed by atoms with E-state index in [0.29, 0.717) is 16.1 Å². The third-order valence-electron chi connectivity index (χ3n) is 4.24. The fraction of sp³-hybridized carbons (Fsp3) is 0.412. The summed E-state index contributed by atoms with van der Waals surface area (Å²) in [6.07, 6.45) is 5.01. The Hall–Kier alpha value is -2.08. The van der Waals surface area contributed by atoms with Crippen LogP contribution >= 0.6 is 11.5 Å². The molecule has 1 aromatic heterocycles. The van der Waals surface area contributed by atoms with Crippen LogP contribution in [0, 0.1) is 6.92 Å². The molecule has 1 heterocycles. The Morgan fingerprint density at radius 2 is 1.78 bits per heavy atom. The SMILES string of the molecule is Cc1nnsc1C(=O)N(C(=O)c1ccccc1)C1CCCCC1. The lowest BCUT2D eigenvalue weighted by Gasteiger charge is -2.32. The lowest BCUT2D eigenvalue weighted by molar-refractivity contribution is 0.0511.